The molecule has 0 unspecified atom stereocenters. The van der Waals surface area contributed by atoms with E-state index in [1.807, 2.05) is 0 Å². The maximum absolute atomic E-state index is 9.13. The normalized spacial score (nSPS) is 36.7. The average molecular weight is 132 g/mol. The summed E-state index contributed by atoms with van der Waals surface area (Å²) in [6, 6.07) is 0. The quantitative estimate of drug-likeness (QED) is 0.499. The number of hydrogen-bond donors (Lipinski definition) is 2. The second-order valence-corrected chi connectivity index (χ2v) is 2.37. The smallest absolute Gasteiger partial charge is 0.0634 e. The summed E-state index contributed by atoms with van der Waals surface area (Å²) in [5.41, 5.74) is 0. The lowest BCUT2D eigenvalue weighted by molar-refractivity contribution is -0.0535. The Hall–Kier alpha value is -0.120. The molecule has 0 aromatic rings. The van der Waals surface area contributed by atoms with Crippen molar-refractivity contribution in [3.8, 4) is 0 Å². The monoisotopic (exact) mass is 132 g/mol. The standard InChI is InChI=1S/C6H12O3/c7-3-5-4-9-2-1-6(5)8/h5-8H,1-4H2/t5-,6+/m0/s1. The summed E-state index contributed by atoms with van der Waals surface area (Å²) in [5.74, 6) is -0.0567. The summed E-state index contributed by atoms with van der Waals surface area (Å²) in [5, 5.41) is 17.8. The van der Waals surface area contributed by atoms with Crippen molar-refractivity contribution in [1.29, 1.82) is 0 Å². The van der Waals surface area contributed by atoms with Crippen LogP contribution < -0.4 is 0 Å². The summed E-state index contributed by atoms with van der Waals surface area (Å²) in [4.78, 5) is 0. The van der Waals surface area contributed by atoms with Gasteiger partial charge < -0.3 is 14.9 Å². The molecule has 1 heterocycles. The van der Waals surface area contributed by atoms with Crippen LogP contribution in [-0.2, 0) is 4.74 Å². The molecule has 1 rings (SSSR count). The number of rotatable bonds is 1. The van der Waals surface area contributed by atoms with Crippen molar-refractivity contribution in [3.05, 3.63) is 0 Å². The van der Waals surface area contributed by atoms with Gasteiger partial charge in [-0.05, 0) is 6.42 Å². The molecule has 9 heavy (non-hydrogen) atoms. The summed E-state index contributed by atoms with van der Waals surface area (Å²) in [7, 11) is 0. The van der Waals surface area contributed by atoms with Gasteiger partial charge in [-0.2, -0.15) is 0 Å². The average Bonchev–Trinajstić information content (AvgIpc) is 1.89. The van der Waals surface area contributed by atoms with Crippen LogP contribution in [0.3, 0.4) is 0 Å². The molecule has 1 fully saturated rings. The van der Waals surface area contributed by atoms with Gasteiger partial charge >= 0.3 is 0 Å². The Kier molecular flexibility index (Phi) is 2.45. The Labute approximate surface area is 54.3 Å². The fourth-order valence-corrected chi connectivity index (χ4v) is 0.960. The number of aliphatic hydroxyl groups is 2. The minimum Gasteiger partial charge on any atom is -0.396 e. The fourth-order valence-electron chi connectivity index (χ4n) is 0.960. The lowest BCUT2D eigenvalue weighted by atomic mass is 10.0. The van der Waals surface area contributed by atoms with Crippen molar-refractivity contribution >= 4 is 0 Å². The second kappa shape index (κ2) is 3.15. The first-order chi connectivity index (χ1) is 4.34. The van der Waals surface area contributed by atoms with Crippen LogP contribution in [0.1, 0.15) is 6.42 Å². The van der Waals surface area contributed by atoms with Crippen LogP contribution in [0.5, 0.6) is 0 Å². The third-order valence-electron chi connectivity index (χ3n) is 1.67. The Bertz CT molecular complexity index is 84.4. The molecule has 0 aromatic carbocycles. The zero-order chi connectivity index (χ0) is 6.69. The molecule has 0 spiro atoms. The largest absolute Gasteiger partial charge is 0.396 e. The lowest BCUT2D eigenvalue weighted by Crippen LogP contribution is -2.33. The van der Waals surface area contributed by atoms with Crippen LogP contribution in [0.15, 0.2) is 0 Å². The molecule has 0 amide bonds. The molecule has 0 radical (unpaired) electrons. The second-order valence-electron chi connectivity index (χ2n) is 2.37. The van der Waals surface area contributed by atoms with E-state index >= 15 is 0 Å². The highest BCUT2D eigenvalue weighted by Gasteiger charge is 2.22. The molecule has 0 saturated carbocycles. The first-order valence-electron chi connectivity index (χ1n) is 3.21. The van der Waals surface area contributed by atoms with Crippen LogP contribution >= 0.6 is 0 Å². The van der Waals surface area contributed by atoms with E-state index in [0.717, 1.165) is 0 Å². The maximum Gasteiger partial charge on any atom is 0.0634 e. The molecule has 3 heteroatoms. The molecule has 3 nitrogen and oxygen atoms in total. The zero-order valence-corrected chi connectivity index (χ0v) is 5.29. The number of ether oxygens (including phenoxy) is 1. The van der Waals surface area contributed by atoms with Crippen LogP contribution in [-0.4, -0.2) is 36.1 Å². The van der Waals surface area contributed by atoms with Gasteiger partial charge in [-0.1, -0.05) is 0 Å². The SMILES string of the molecule is OC[C@H]1COCC[C@H]1O. The fraction of sp³-hybridized carbons (Fsp3) is 1.00. The van der Waals surface area contributed by atoms with Gasteiger partial charge in [-0.3, -0.25) is 0 Å². The van der Waals surface area contributed by atoms with Crippen molar-refractivity contribution in [1.82, 2.24) is 0 Å². The van der Waals surface area contributed by atoms with Gasteiger partial charge in [0.15, 0.2) is 0 Å². The molecule has 0 aliphatic carbocycles. The van der Waals surface area contributed by atoms with Crippen molar-refractivity contribution in [2.24, 2.45) is 5.92 Å². The predicted molar refractivity (Wildman–Crippen MR) is 32.0 cm³/mol. The van der Waals surface area contributed by atoms with E-state index in [4.69, 9.17) is 14.9 Å². The first-order valence-corrected chi connectivity index (χ1v) is 3.21. The molecule has 0 aromatic heterocycles. The predicted octanol–water partition coefficient (Wildman–Crippen LogP) is -0.624. The highest BCUT2D eigenvalue weighted by molar-refractivity contribution is 4.70. The Morgan fingerprint density at radius 3 is 2.78 bits per heavy atom. The molecule has 1 saturated heterocycles. The van der Waals surface area contributed by atoms with Crippen LogP contribution in [0.2, 0.25) is 0 Å². The minimum atomic E-state index is -0.358. The first kappa shape index (κ1) is 6.99. The van der Waals surface area contributed by atoms with Gasteiger partial charge in [-0.15, -0.1) is 0 Å². The van der Waals surface area contributed by atoms with Crippen molar-refractivity contribution < 1.29 is 14.9 Å². The molecule has 0 bridgehead atoms. The Morgan fingerprint density at radius 2 is 2.33 bits per heavy atom. The van der Waals surface area contributed by atoms with Crippen LogP contribution in [0.25, 0.3) is 0 Å². The van der Waals surface area contributed by atoms with Gasteiger partial charge in [0.25, 0.3) is 0 Å². The lowest BCUT2D eigenvalue weighted by Gasteiger charge is -2.25. The molecular weight excluding hydrogens is 120 g/mol. The summed E-state index contributed by atoms with van der Waals surface area (Å²) >= 11 is 0. The summed E-state index contributed by atoms with van der Waals surface area (Å²) in [6.45, 7) is 1.15. The maximum atomic E-state index is 9.13. The number of hydrogen-bond acceptors (Lipinski definition) is 3. The van der Waals surface area contributed by atoms with Crippen molar-refractivity contribution in [2.45, 2.75) is 12.5 Å². The van der Waals surface area contributed by atoms with Gasteiger partial charge in [0.05, 0.1) is 19.3 Å². The van der Waals surface area contributed by atoms with E-state index in [1.54, 1.807) is 0 Å². The minimum absolute atomic E-state index is 0.0289. The third kappa shape index (κ3) is 1.64. The summed E-state index contributed by atoms with van der Waals surface area (Å²) < 4.78 is 5.02. The Morgan fingerprint density at radius 1 is 1.56 bits per heavy atom. The van der Waals surface area contributed by atoms with Crippen LogP contribution in [0.4, 0.5) is 0 Å². The molecule has 2 atom stereocenters. The highest BCUT2D eigenvalue weighted by atomic mass is 16.5. The topological polar surface area (TPSA) is 49.7 Å². The molecular formula is C6H12O3. The zero-order valence-electron chi connectivity index (χ0n) is 5.29. The van der Waals surface area contributed by atoms with E-state index in [0.29, 0.717) is 19.6 Å². The molecule has 1 aliphatic rings. The van der Waals surface area contributed by atoms with E-state index in [-0.39, 0.29) is 18.6 Å². The highest BCUT2D eigenvalue weighted by Crippen LogP contribution is 2.12. The van der Waals surface area contributed by atoms with E-state index in [1.165, 1.54) is 0 Å². The van der Waals surface area contributed by atoms with Gasteiger partial charge in [-0.25, -0.2) is 0 Å². The molecule has 54 valence electrons. The van der Waals surface area contributed by atoms with E-state index in [9.17, 15) is 0 Å². The van der Waals surface area contributed by atoms with E-state index in [2.05, 4.69) is 0 Å². The summed E-state index contributed by atoms with van der Waals surface area (Å²) in [6.07, 6.45) is 0.300. The number of aliphatic hydroxyl groups excluding tert-OH is 2. The van der Waals surface area contributed by atoms with Gasteiger partial charge in [0, 0.05) is 12.5 Å². The van der Waals surface area contributed by atoms with Crippen molar-refractivity contribution in [2.75, 3.05) is 19.8 Å². The molecule has 2 N–H and O–H groups in total. The van der Waals surface area contributed by atoms with Gasteiger partial charge in [0.2, 0.25) is 0 Å². The van der Waals surface area contributed by atoms with Crippen LogP contribution in [0, 0.1) is 5.92 Å². The Balaban J connectivity index is 2.30. The van der Waals surface area contributed by atoms with Gasteiger partial charge in [0.1, 0.15) is 0 Å². The van der Waals surface area contributed by atoms with E-state index < -0.39 is 0 Å². The van der Waals surface area contributed by atoms with Crippen molar-refractivity contribution in [3.63, 3.8) is 0 Å². The third-order valence-corrected chi connectivity index (χ3v) is 1.67. The molecule has 1 aliphatic heterocycles.